The van der Waals surface area contributed by atoms with Crippen LogP contribution in [0.25, 0.3) is 10.8 Å². The van der Waals surface area contributed by atoms with E-state index in [2.05, 4.69) is 0 Å². The van der Waals surface area contributed by atoms with Gasteiger partial charge in [-0.2, -0.15) is 0 Å². The third-order valence-electron chi connectivity index (χ3n) is 2.71. The minimum atomic E-state index is -0.838. The van der Waals surface area contributed by atoms with Gasteiger partial charge in [-0.3, -0.25) is 10.1 Å². The smallest absolute Gasteiger partial charge is 0.318 e. The molecule has 0 aliphatic carbocycles. The Balaban J connectivity index is 2.05. The van der Waals surface area contributed by atoms with Crippen molar-refractivity contribution in [3.05, 3.63) is 36.4 Å². The zero-order chi connectivity index (χ0) is 14.5. The van der Waals surface area contributed by atoms with Crippen LogP contribution in [-0.2, 0) is 4.79 Å². The predicted octanol–water partition coefficient (Wildman–Crippen LogP) is 2.22. The highest BCUT2D eigenvalue weighted by Gasteiger charge is 2.07. The maximum Gasteiger partial charge on any atom is 0.318 e. The highest BCUT2D eigenvalue weighted by molar-refractivity contribution is 7.99. The maximum absolute atomic E-state index is 11.3. The minimum absolute atomic E-state index is 0.197. The van der Waals surface area contributed by atoms with E-state index in [0.29, 0.717) is 5.75 Å². The number of phenolic OH excluding ortho intramolecular Hbond substituents is 1. The highest BCUT2D eigenvalue weighted by atomic mass is 32.2. The molecule has 0 heterocycles. The second kappa shape index (κ2) is 6.29. The van der Waals surface area contributed by atoms with Gasteiger partial charge < -0.3 is 10.8 Å². The molecule has 0 saturated carbocycles. The van der Waals surface area contributed by atoms with Gasteiger partial charge >= 0.3 is 6.03 Å². The van der Waals surface area contributed by atoms with Gasteiger partial charge in [-0.05, 0) is 17.5 Å². The highest BCUT2D eigenvalue weighted by Crippen LogP contribution is 2.33. The fourth-order valence-electron chi connectivity index (χ4n) is 1.83. The summed E-state index contributed by atoms with van der Waals surface area (Å²) in [6.45, 7) is 0. The van der Waals surface area contributed by atoms with Crippen LogP contribution in [0.5, 0.6) is 5.75 Å². The molecule has 0 aliphatic heterocycles. The van der Waals surface area contributed by atoms with Crippen molar-refractivity contribution < 1.29 is 14.7 Å². The summed E-state index contributed by atoms with van der Waals surface area (Å²) in [5.74, 6) is 0.359. The Morgan fingerprint density at radius 2 is 1.85 bits per heavy atom. The quantitative estimate of drug-likeness (QED) is 0.753. The molecule has 0 aromatic heterocycles. The van der Waals surface area contributed by atoms with Gasteiger partial charge in [0.2, 0.25) is 5.91 Å². The monoisotopic (exact) mass is 290 g/mol. The van der Waals surface area contributed by atoms with E-state index in [1.54, 1.807) is 6.07 Å². The first-order chi connectivity index (χ1) is 9.58. The molecule has 0 unspecified atom stereocenters. The summed E-state index contributed by atoms with van der Waals surface area (Å²) in [4.78, 5) is 22.8. The number of hydrogen-bond donors (Lipinski definition) is 3. The third kappa shape index (κ3) is 3.42. The molecule has 104 valence electrons. The first-order valence-corrected chi connectivity index (χ1v) is 6.99. The minimum Gasteiger partial charge on any atom is -0.507 e. The van der Waals surface area contributed by atoms with Crippen molar-refractivity contribution in [2.45, 2.75) is 11.3 Å². The lowest BCUT2D eigenvalue weighted by Gasteiger charge is -2.07. The van der Waals surface area contributed by atoms with Crippen molar-refractivity contribution in [2.75, 3.05) is 5.75 Å². The third-order valence-corrected chi connectivity index (χ3v) is 3.79. The number of hydrogen-bond acceptors (Lipinski definition) is 4. The van der Waals surface area contributed by atoms with Gasteiger partial charge in [-0.1, -0.05) is 24.3 Å². The van der Waals surface area contributed by atoms with Crippen LogP contribution >= 0.6 is 11.8 Å². The number of nitrogens with one attached hydrogen (secondary N) is 1. The second-order valence-corrected chi connectivity index (χ2v) is 5.28. The molecule has 2 rings (SSSR count). The Morgan fingerprint density at radius 3 is 2.55 bits per heavy atom. The molecule has 2 aromatic rings. The molecule has 0 aliphatic rings. The zero-order valence-electron chi connectivity index (χ0n) is 10.6. The molecule has 0 bridgehead atoms. The van der Waals surface area contributed by atoms with Crippen molar-refractivity contribution >= 4 is 34.5 Å². The van der Waals surface area contributed by atoms with Crippen LogP contribution in [0.2, 0.25) is 0 Å². The Labute approximate surface area is 120 Å². The summed E-state index contributed by atoms with van der Waals surface area (Å²) in [5, 5.41) is 13.5. The predicted molar refractivity (Wildman–Crippen MR) is 78.7 cm³/mol. The summed E-state index contributed by atoms with van der Waals surface area (Å²) in [6, 6.07) is 10.1. The number of primary amides is 1. The van der Waals surface area contributed by atoms with Gasteiger partial charge in [-0.15, -0.1) is 11.8 Å². The van der Waals surface area contributed by atoms with Crippen LogP contribution in [0.4, 0.5) is 4.79 Å². The molecule has 5 nitrogen and oxygen atoms in total. The van der Waals surface area contributed by atoms with Crippen molar-refractivity contribution in [1.29, 1.82) is 0 Å². The Hall–Kier alpha value is -2.21. The molecule has 0 atom stereocenters. The molecule has 0 spiro atoms. The molecule has 3 amide bonds. The molecular weight excluding hydrogens is 276 g/mol. The molecule has 6 heteroatoms. The SMILES string of the molecule is NC(=O)NC(=O)CCSc1ccc(O)c2ccccc12. The number of aromatic hydroxyl groups is 1. The van der Waals surface area contributed by atoms with Crippen LogP contribution < -0.4 is 11.1 Å². The average Bonchev–Trinajstić information content (AvgIpc) is 2.41. The van der Waals surface area contributed by atoms with Crippen molar-refractivity contribution in [3.63, 3.8) is 0 Å². The van der Waals surface area contributed by atoms with E-state index in [9.17, 15) is 14.7 Å². The van der Waals surface area contributed by atoms with E-state index in [-0.39, 0.29) is 12.2 Å². The number of urea groups is 1. The second-order valence-electron chi connectivity index (χ2n) is 4.14. The van der Waals surface area contributed by atoms with Crippen molar-refractivity contribution in [2.24, 2.45) is 5.73 Å². The number of amides is 3. The standard InChI is InChI=1S/C14H14N2O3S/c15-14(19)16-13(18)7-8-20-12-6-5-11(17)9-3-1-2-4-10(9)12/h1-6,17H,7-8H2,(H3,15,16,18,19). The summed E-state index contributed by atoms with van der Waals surface area (Å²) in [7, 11) is 0. The summed E-state index contributed by atoms with van der Waals surface area (Å²) in [6.07, 6.45) is 0.197. The number of phenols is 1. The van der Waals surface area contributed by atoms with E-state index in [1.807, 2.05) is 35.6 Å². The van der Waals surface area contributed by atoms with Gasteiger partial charge in [0.1, 0.15) is 5.75 Å². The van der Waals surface area contributed by atoms with Crippen LogP contribution in [0.3, 0.4) is 0 Å². The first kappa shape index (κ1) is 14.2. The summed E-state index contributed by atoms with van der Waals surface area (Å²) >= 11 is 1.49. The normalized spacial score (nSPS) is 10.4. The zero-order valence-corrected chi connectivity index (χ0v) is 11.4. The molecule has 20 heavy (non-hydrogen) atoms. The largest absolute Gasteiger partial charge is 0.507 e. The fraction of sp³-hybridized carbons (Fsp3) is 0.143. The number of imide groups is 1. The molecule has 2 aromatic carbocycles. The Morgan fingerprint density at radius 1 is 1.15 bits per heavy atom. The summed E-state index contributed by atoms with van der Waals surface area (Å²) < 4.78 is 0. The Kier molecular flexibility index (Phi) is 4.47. The van der Waals surface area contributed by atoms with Crippen LogP contribution in [0, 0.1) is 0 Å². The van der Waals surface area contributed by atoms with Crippen LogP contribution in [0.1, 0.15) is 6.42 Å². The van der Waals surface area contributed by atoms with E-state index in [4.69, 9.17) is 5.73 Å². The van der Waals surface area contributed by atoms with Gasteiger partial charge in [0.15, 0.2) is 0 Å². The van der Waals surface area contributed by atoms with Gasteiger partial charge in [0.05, 0.1) is 0 Å². The fourth-order valence-corrected chi connectivity index (χ4v) is 2.84. The number of carbonyl (C=O) groups excluding carboxylic acids is 2. The lowest BCUT2D eigenvalue weighted by Crippen LogP contribution is -2.35. The van der Waals surface area contributed by atoms with Crippen LogP contribution in [-0.4, -0.2) is 22.8 Å². The number of rotatable bonds is 4. The van der Waals surface area contributed by atoms with Crippen LogP contribution in [0.15, 0.2) is 41.3 Å². The lowest BCUT2D eigenvalue weighted by atomic mass is 10.1. The number of nitrogens with two attached hydrogens (primary N) is 1. The Bertz CT molecular complexity index is 658. The average molecular weight is 290 g/mol. The lowest BCUT2D eigenvalue weighted by molar-refractivity contribution is -0.119. The maximum atomic E-state index is 11.3. The molecule has 0 saturated heterocycles. The molecule has 4 N–H and O–H groups in total. The van der Waals surface area contributed by atoms with Gasteiger partial charge in [0, 0.05) is 22.5 Å². The molecular formula is C14H14N2O3S. The van der Waals surface area contributed by atoms with E-state index in [0.717, 1.165) is 15.7 Å². The summed E-state index contributed by atoms with van der Waals surface area (Å²) in [5.41, 5.74) is 4.86. The van der Waals surface area contributed by atoms with E-state index in [1.165, 1.54) is 11.8 Å². The van der Waals surface area contributed by atoms with E-state index < -0.39 is 11.9 Å². The topological polar surface area (TPSA) is 92.4 Å². The number of carbonyl (C=O) groups is 2. The number of benzene rings is 2. The van der Waals surface area contributed by atoms with Crippen molar-refractivity contribution in [1.82, 2.24) is 5.32 Å². The molecule has 0 radical (unpaired) electrons. The number of thioether (sulfide) groups is 1. The van der Waals surface area contributed by atoms with Crippen molar-refractivity contribution in [3.8, 4) is 5.75 Å². The number of fused-ring (bicyclic) bond motifs is 1. The first-order valence-electron chi connectivity index (χ1n) is 6.00. The molecule has 0 fully saturated rings. The van der Waals surface area contributed by atoms with Gasteiger partial charge in [-0.25, -0.2) is 4.79 Å². The van der Waals surface area contributed by atoms with Gasteiger partial charge in [0.25, 0.3) is 0 Å². The van der Waals surface area contributed by atoms with E-state index >= 15 is 0 Å².